The molecule has 158 valence electrons. The summed E-state index contributed by atoms with van der Waals surface area (Å²) in [5.74, 6) is 0.653. The van der Waals surface area contributed by atoms with Crippen LogP contribution in [0.15, 0.2) is 46.8 Å². The normalized spacial score (nSPS) is 15.2. The number of nitrogens with zero attached hydrogens (tertiary/aromatic N) is 4. The van der Waals surface area contributed by atoms with Crippen molar-refractivity contribution in [2.24, 2.45) is 0 Å². The molecule has 0 saturated carbocycles. The number of carbonyl (C=O) groups excluding carboxylic acids is 1. The minimum atomic E-state index is -0.0673. The van der Waals surface area contributed by atoms with Crippen molar-refractivity contribution in [3.63, 3.8) is 0 Å². The van der Waals surface area contributed by atoms with Crippen LogP contribution in [-0.2, 0) is 17.9 Å². The lowest BCUT2D eigenvalue weighted by Crippen LogP contribution is -2.48. The highest BCUT2D eigenvalue weighted by Gasteiger charge is 2.21. The summed E-state index contributed by atoms with van der Waals surface area (Å²) < 4.78 is 1.55. The highest BCUT2D eigenvalue weighted by atomic mass is 32.1. The highest BCUT2D eigenvalue weighted by molar-refractivity contribution is 7.16. The Morgan fingerprint density at radius 2 is 1.83 bits per heavy atom. The maximum absolute atomic E-state index is 12.6. The Labute approximate surface area is 180 Å². The van der Waals surface area contributed by atoms with E-state index in [1.54, 1.807) is 17.0 Å². The molecule has 1 aliphatic rings. The number of fused-ring (bicyclic) bond motifs is 1. The van der Waals surface area contributed by atoms with Crippen LogP contribution in [-0.4, -0.2) is 51.4 Å². The molecule has 0 unspecified atom stereocenters. The lowest BCUT2D eigenvalue weighted by Gasteiger charge is -2.35. The molecule has 1 aliphatic heterocycles. The lowest BCUT2D eigenvalue weighted by atomic mass is 10.0. The first kappa shape index (κ1) is 20.8. The monoisotopic (exact) mass is 424 g/mol. The molecule has 0 aliphatic carbocycles. The van der Waals surface area contributed by atoms with Gasteiger partial charge in [0, 0.05) is 45.7 Å². The summed E-state index contributed by atoms with van der Waals surface area (Å²) in [5, 5.41) is 2.50. The van der Waals surface area contributed by atoms with Gasteiger partial charge in [-0.3, -0.25) is 19.1 Å². The van der Waals surface area contributed by atoms with Gasteiger partial charge in [-0.05, 0) is 28.5 Å². The summed E-state index contributed by atoms with van der Waals surface area (Å²) in [6, 6.07) is 10.6. The fraction of sp³-hybridized carbons (Fsp3) is 0.435. The Morgan fingerprint density at radius 3 is 2.53 bits per heavy atom. The van der Waals surface area contributed by atoms with Crippen LogP contribution < -0.4 is 5.56 Å². The number of benzene rings is 1. The summed E-state index contributed by atoms with van der Waals surface area (Å²) in [5.41, 5.74) is 2.61. The van der Waals surface area contributed by atoms with Gasteiger partial charge >= 0.3 is 0 Å². The van der Waals surface area contributed by atoms with Crippen molar-refractivity contribution in [1.82, 2.24) is 19.4 Å². The van der Waals surface area contributed by atoms with Crippen molar-refractivity contribution >= 4 is 27.5 Å². The first-order valence-corrected chi connectivity index (χ1v) is 11.4. The second-order valence-electron chi connectivity index (χ2n) is 8.19. The zero-order valence-corrected chi connectivity index (χ0v) is 18.4. The number of aryl methyl sites for hydroxylation is 1. The second-order valence-corrected chi connectivity index (χ2v) is 9.08. The Morgan fingerprint density at radius 1 is 1.10 bits per heavy atom. The van der Waals surface area contributed by atoms with Gasteiger partial charge in [-0.1, -0.05) is 38.1 Å². The smallest absolute Gasteiger partial charge is 0.262 e. The van der Waals surface area contributed by atoms with Crippen LogP contribution in [0.1, 0.15) is 37.3 Å². The van der Waals surface area contributed by atoms with Crippen molar-refractivity contribution in [3.8, 4) is 0 Å². The first-order valence-electron chi connectivity index (χ1n) is 10.5. The number of piperazine rings is 1. The molecule has 2 aromatic heterocycles. The molecule has 1 saturated heterocycles. The quantitative estimate of drug-likeness (QED) is 0.609. The molecule has 3 heterocycles. The molecule has 30 heavy (non-hydrogen) atoms. The van der Waals surface area contributed by atoms with Crippen molar-refractivity contribution < 1.29 is 4.79 Å². The summed E-state index contributed by atoms with van der Waals surface area (Å²) in [7, 11) is 0. The van der Waals surface area contributed by atoms with Gasteiger partial charge in [0.25, 0.3) is 5.56 Å². The van der Waals surface area contributed by atoms with Crippen LogP contribution >= 0.6 is 11.3 Å². The molecule has 6 nitrogen and oxygen atoms in total. The zero-order valence-electron chi connectivity index (χ0n) is 17.6. The average molecular weight is 425 g/mol. The van der Waals surface area contributed by atoms with E-state index < -0.39 is 0 Å². The largest absolute Gasteiger partial charge is 0.340 e. The highest BCUT2D eigenvalue weighted by Crippen LogP contribution is 2.17. The molecule has 0 atom stereocenters. The van der Waals surface area contributed by atoms with E-state index in [1.807, 2.05) is 10.3 Å². The third kappa shape index (κ3) is 4.63. The van der Waals surface area contributed by atoms with Crippen LogP contribution in [0.25, 0.3) is 10.2 Å². The van der Waals surface area contributed by atoms with E-state index in [2.05, 4.69) is 48.0 Å². The van der Waals surface area contributed by atoms with E-state index in [1.165, 1.54) is 22.5 Å². The van der Waals surface area contributed by atoms with Crippen LogP contribution in [0.5, 0.6) is 0 Å². The van der Waals surface area contributed by atoms with Gasteiger partial charge in [-0.2, -0.15) is 0 Å². The van der Waals surface area contributed by atoms with Crippen LogP contribution in [0, 0.1) is 0 Å². The van der Waals surface area contributed by atoms with Crippen molar-refractivity contribution in [1.29, 1.82) is 0 Å². The Balaban J connectivity index is 1.26. The van der Waals surface area contributed by atoms with Gasteiger partial charge in [0.15, 0.2) is 0 Å². The first-order chi connectivity index (χ1) is 14.5. The number of hydrogen-bond donors (Lipinski definition) is 0. The van der Waals surface area contributed by atoms with Crippen LogP contribution in [0.4, 0.5) is 0 Å². The van der Waals surface area contributed by atoms with Gasteiger partial charge < -0.3 is 4.90 Å². The Kier molecular flexibility index (Phi) is 6.29. The third-order valence-electron chi connectivity index (χ3n) is 5.79. The number of carbonyl (C=O) groups is 1. The molecular weight excluding hydrogens is 396 g/mol. The summed E-state index contributed by atoms with van der Waals surface area (Å²) >= 11 is 1.46. The number of hydrogen-bond acceptors (Lipinski definition) is 5. The van der Waals surface area contributed by atoms with Gasteiger partial charge in [-0.25, -0.2) is 4.98 Å². The molecule has 0 bridgehead atoms. The average Bonchev–Trinajstić information content (AvgIpc) is 3.24. The molecule has 0 N–H and O–H groups in total. The van der Waals surface area contributed by atoms with E-state index in [-0.39, 0.29) is 11.5 Å². The number of amides is 1. The van der Waals surface area contributed by atoms with Gasteiger partial charge in [0.05, 0.1) is 11.7 Å². The third-order valence-corrected chi connectivity index (χ3v) is 6.62. The van der Waals surface area contributed by atoms with E-state index in [4.69, 9.17) is 0 Å². The standard InChI is InChI=1S/C23H28N4O2S/c1-17(2)19-5-3-18(4-6-19)15-25-10-12-26(13-11-25)21(28)7-9-27-16-24-22-20(23(27)29)8-14-30-22/h3-6,8,14,16-17H,7,9-13,15H2,1-2H3. The molecule has 0 spiro atoms. The predicted molar refractivity (Wildman–Crippen MR) is 121 cm³/mol. The number of thiophene rings is 1. The van der Waals surface area contributed by atoms with Crippen molar-refractivity contribution in [3.05, 3.63) is 63.5 Å². The van der Waals surface area contributed by atoms with Gasteiger partial charge in [0.1, 0.15) is 4.83 Å². The lowest BCUT2D eigenvalue weighted by molar-refractivity contribution is -0.133. The van der Waals surface area contributed by atoms with Crippen molar-refractivity contribution in [2.75, 3.05) is 26.2 Å². The predicted octanol–water partition coefficient (Wildman–Crippen LogP) is 3.32. The summed E-state index contributed by atoms with van der Waals surface area (Å²) in [4.78, 5) is 34.5. The molecular formula is C23H28N4O2S. The fourth-order valence-electron chi connectivity index (χ4n) is 3.85. The molecule has 3 aromatic rings. The Hall–Kier alpha value is -2.51. The second kappa shape index (κ2) is 9.10. The summed E-state index contributed by atoms with van der Waals surface area (Å²) in [6.45, 7) is 8.93. The number of aromatic nitrogens is 2. The Bertz CT molecular complexity index is 1060. The number of rotatable bonds is 6. The van der Waals surface area contributed by atoms with Crippen LogP contribution in [0.2, 0.25) is 0 Å². The van der Waals surface area contributed by atoms with Gasteiger partial charge in [0.2, 0.25) is 5.91 Å². The van der Waals surface area contributed by atoms with E-state index in [0.29, 0.717) is 24.3 Å². The maximum atomic E-state index is 12.6. The zero-order chi connectivity index (χ0) is 21.1. The minimum absolute atomic E-state index is 0.0673. The summed E-state index contributed by atoms with van der Waals surface area (Å²) in [6.07, 6.45) is 1.88. The minimum Gasteiger partial charge on any atom is -0.340 e. The maximum Gasteiger partial charge on any atom is 0.262 e. The van der Waals surface area contributed by atoms with Crippen LogP contribution in [0.3, 0.4) is 0 Å². The van der Waals surface area contributed by atoms with Crippen molar-refractivity contribution in [2.45, 2.75) is 39.3 Å². The molecule has 4 rings (SSSR count). The molecule has 0 radical (unpaired) electrons. The molecule has 7 heteroatoms. The topological polar surface area (TPSA) is 58.4 Å². The van der Waals surface area contributed by atoms with Gasteiger partial charge in [-0.15, -0.1) is 11.3 Å². The van der Waals surface area contributed by atoms with E-state index >= 15 is 0 Å². The molecule has 1 aromatic carbocycles. The van der Waals surface area contributed by atoms with E-state index in [9.17, 15) is 9.59 Å². The SMILES string of the molecule is CC(C)c1ccc(CN2CCN(C(=O)CCn3cnc4sccc4c3=O)CC2)cc1. The van der Waals surface area contributed by atoms with E-state index in [0.717, 1.165) is 37.6 Å². The molecule has 1 amide bonds. The molecule has 1 fully saturated rings. The fourth-order valence-corrected chi connectivity index (χ4v) is 4.57.